The van der Waals surface area contributed by atoms with Crippen LogP contribution in [0.2, 0.25) is 4.34 Å². The third kappa shape index (κ3) is 7.29. The van der Waals surface area contributed by atoms with Crippen LogP contribution in [-0.4, -0.2) is 97.4 Å². The zero-order valence-corrected chi connectivity index (χ0v) is 25.6. The molecule has 0 saturated carbocycles. The summed E-state index contributed by atoms with van der Waals surface area (Å²) in [5.74, 6) is -1.46. The lowest BCUT2D eigenvalue weighted by Gasteiger charge is -2.49. The first-order valence-electron chi connectivity index (χ1n) is 12.1. The number of oxime groups is 1. The Labute approximate surface area is 260 Å². The van der Waals surface area contributed by atoms with E-state index in [1.807, 2.05) is 0 Å². The molecule has 42 heavy (non-hydrogen) atoms. The van der Waals surface area contributed by atoms with E-state index in [0.29, 0.717) is 16.4 Å². The van der Waals surface area contributed by atoms with Crippen molar-refractivity contribution in [3.63, 3.8) is 0 Å². The van der Waals surface area contributed by atoms with Crippen LogP contribution in [0.25, 0.3) is 0 Å². The van der Waals surface area contributed by atoms with E-state index in [1.165, 1.54) is 35.3 Å². The van der Waals surface area contributed by atoms with Crippen molar-refractivity contribution in [1.29, 1.82) is 0 Å². The number of thiazole rings is 1. The molecule has 2 aromatic rings. The molecular weight excluding hydrogens is 653 g/mol. The summed E-state index contributed by atoms with van der Waals surface area (Å²) in [6.45, 7) is -1.42. The first kappa shape index (κ1) is 32.3. The Morgan fingerprint density at radius 3 is 2.88 bits per heavy atom. The number of β-lactam (4-membered cyclic amide) rings is 1. The number of aromatic nitrogens is 2. The molecule has 0 aromatic carbocycles. The van der Waals surface area contributed by atoms with Crippen LogP contribution < -0.4 is 16.8 Å². The van der Waals surface area contributed by atoms with Gasteiger partial charge >= 0.3 is 5.97 Å². The largest absolute Gasteiger partial charge is 0.477 e. The van der Waals surface area contributed by atoms with E-state index in [9.17, 15) is 23.9 Å². The number of hydrogen-bond donors (Lipinski definition) is 5. The predicted molar refractivity (Wildman–Crippen MR) is 161 cm³/mol. The predicted octanol–water partition coefficient (Wildman–Crippen LogP) is 1.51. The van der Waals surface area contributed by atoms with Gasteiger partial charge in [0.2, 0.25) is 0 Å². The SMILES string of the molecule is Nc1nc(/C(=N/OCCF)C(=O)N[C@@H]2C(=O)N3C(C(=O)O)=C(Sc4ccncc4CSCC(N)CO)CS[C@H]23)c(Cl)s1. The Hall–Kier alpha value is -2.61. The average Bonchev–Trinajstić information content (AvgIpc) is 3.31. The van der Waals surface area contributed by atoms with Crippen molar-refractivity contribution >= 4 is 86.9 Å². The minimum Gasteiger partial charge on any atom is -0.477 e. The van der Waals surface area contributed by atoms with Gasteiger partial charge in [-0.15, -0.1) is 11.8 Å². The van der Waals surface area contributed by atoms with Crippen LogP contribution in [0.5, 0.6) is 0 Å². The first-order valence-corrected chi connectivity index (χ1v) is 16.3. The number of carbonyl (C=O) groups is 3. The van der Waals surface area contributed by atoms with E-state index in [-0.39, 0.29) is 39.3 Å². The zero-order valence-electron chi connectivity index (χ0n) is 21.6. The van der Waals surface area contributed by atoms with Gasteiger partial charge in [0.25, 0.3) is 11.8 Å². The maximum absolute atomic E-state index is 13.2. The Morgan fingerprint density at radius 1 is 1.43 bits per heavy atom. The number of hydrogen-bond acceptors (Lipinski definition) is 14. The highest BCUT2D eigenvalue weighted by molar-refractivity contribution is 8.06. The van der Waals surface area contributed by atoms with Crippen molar-refractivity contribution < 1.29 is 33.8 Å². The Bertz CT molecular complexity index is 1410. The molecule has 0 radical (unpaired) electrons. The molecule has 2 aliphatic heterocycles. The summed E-state index contributed by atoms with van der Waals surface area (Å²) in [7, 11) is 0. The highest BCUT2D eigenvalue weighted by Gasteiger charge is 2.54. The molecule has 2 aliphatic rings. The van der Waals surface area contributed by atoms with Crippen LogP contribution in [0, 0.1) is 0 Å². The van der Waals surface area contributed by atoms with E-state index < -0.39 is 48.2 Å². The molecule has 1 saturated heterocycles. The van der Waals surface area contributed by atoms with E-state index in [2.05, 4.69) is 20.4 Å². The molecule has 4 rings (SSSR count). The molecule has 4 heterocycles. The highest BCUT2D eigenvalue weighted by atomic mass is 35.5. The second-order valence-electron chi connectivity index (χ2n) is 8.62. The topological polar surface area (TPSA) is 206 Å². The number of fused-ring (bicyclic) bond motifs is 1. The van der Waals surface area contributed by atoms with Crippen LogP contribution in [0.3, 0.4) is 0 Å². The smallest absolute Gasteiger partial charge is 0.353 e. The van der Waals surface area contributed by atoms with Crippen LogP contribution in [0.15, 0.2) is 39.1 Å². The van der Waals surface area contributed by atoms with E-state index in [1.54, 1.807) is 18.5 Å². The standard InChI is InChI=1S/C23H25ClFN7O6S4/c24-18-14(30-23(27)42-18)15(31-38-4-2-25)19(34)29-16-20(35)32-17(22(36)37)13(9-40-21(16)32)41-12-1-3-28-5-10(12)7-39-8-11(26)6-33/h1,3,5,11,16,21,33H,2,4,6-9,26H2,(H2,27,30)(H,29,34)(H,36,37)/b31-15-/t11?,16-,21-/m1/s1. The second kappa shape index (κ2) is 14.7. The molecule has 13 nitrogen and oxygen atoms in total. The molecule has 1 fully saturated rings. The van der Waals surface area contributed by atoms with E-state index >= 15 is 0 Å². The summed E-state index contributed by atoms with van der Waals surface area (Å²) in [5, 5.41) is 24.8. The number of aliphatic carboxylic acids is 1. The molecule has 19 heteroatoms. The van der Waals surface area contributed by atoms with Crippen molar-refractivity contribution in [3.8, 4) is 0 Å². The van der Waals surface area contributed by atoms with Crippen molar-refractivity contribution in [2.45, 2.75) is 28.1 Å². The number of anilines is 1. The Kier molecular flexibility index (Phi) is 11.3. The first-order chi connectivity index (χ1) is 20.2. The molecule has 2 aromatic heterocycles. The number of thioether (sulfide) groups is 3. The van der Waals surface area contributed by atoms with Gasteiger partial charge in [0.05, 0.1) is 6.61 Å². The summed E-state index contributed by atoms with van der Waals surface area (Å²) in [6, 6.07) is 0.329. The minimum atomic E-state index is -1.29. The van der Waals surface area contributed by atoms with Crippen molar-refractivity contribution in [2.75, 3.05) is 37.1 Å². The maximum Gasteiger partial charge on any atom is 0.353 e. The highest BCUT2D eigenvalue weighted by Crippen LogP contribution is 2.46. The van der Waals surface area contributed by atoms with Crippen LogP contribution in [-0.2, 0) is 25.0 Å². The Morgan fingerprint density at radius 2 is 2.21 bits per heavy atom. The van der Waals surface area contributed by atoms with Crippen molar-refractivity contribution in [3.05, 3.63) is 44.7 Å². The molecule has 0 aliphatic carbocycles. The molecule has 2 amide bonds. The number of alkyl halides is 1. The van der Waals surface area contributed by atoms with E-state index in [0.717, 1.165) is 26.7 Å². The van der Waals surface area contributed by atoms with Gasteiger partial charge in [0, 0.05) is 45.5 Å². The van der Waals surface area contributed by atoms with Gasteiger partial charge in [-0.1, -0.05) is 39.9 Å². The van der Waals surface area contributed by atoms with Gasteiger partial charge in [-0.25, -0.2) is 14.2 Å². The third-order valence-electron chi connectivity index (χ3n) is 5.70. The average molecular weight is 678 g/mol. The second-order valence-corrected chi connectivity index (χ2v) is 13.5. The van der Waals surface area contributed by atoms with Crippen LogP contribution in [0.1, 0.15) is 11.3 Å². The Balaban J connectivity index is 1.51. The number of amides is 2. The lowest BCUT2D eigenvalue weighted by atomic mass is 10.0. The quantitative estimate of drug-likeness (QED) is 0.0833. The summed E-state index contributed by atoms with van der Waals surface area (Å²) >= 11 is 11.0. The monoisotopic (exact) mass is 677 g/mol. The number of nitrogens with zero attached hydrogens (tertiary/aromatic N) is 4. The van der Waals surface area contributed by atoms with Crippen molar-refractivity contribution in [1.82, 2.24) is 20.2 Å². The molecule has 7 N–H and O–H groups in total. The number of nitrogens with one attached hydrogen (secondary N) is 1. The van der Waals surface area contributed by atoms with Crippen LogP contribution in [0.4, 0.5) is 9.52 Å². The van der Waals surface area contributed by atoms with Gasteiger partial charge < -0.3 is 31.8 Å². The summed E-state index contributed by atoms with van der Waals surface area (Å²) in [5.41, 5.74) is 11.6. The lowest BCUT2D eigenvalue weighted by Crippen LogP contribution is -2.71. The molecule has 0 spiro atoms. The van der Waals surface area contributed by atoms with Crippen LogP contribution >= 0.6 is 58.2 Å². The number of carboxylic acids is 1. The number of carbonyl (C=O) groups excluding carboxylic acids is 2. The summed E-state index contributed by atoms with van der Waals surface area (Å²) < 4.78 is 12.6. The van der Waals surface area contributed by atoms with E-state index in [4.69, 9.17) is 33.0 Å². The third-order valence-corrected chi connectivity index (χ3v) is 10.6. The van der Waals surface area contributed by atoms with Gasteiger partial charge in [-0.2, -0.15) is 11.8 Å². The maximum atomic E-state index is 13.2. The molecule has 0 bridgehead atoms. The number of nitrogen functional groups attached to an aromatic ring is 1. The van der Waals surface area contributed by atoms with Gasteiger partial charge in [-0.05, 0) is 11.6 Å². The van der Waals surface area contributed by atoms with Gasteiger partial charge in [-0.3, -0.25) is 19.5 Å². The van der Waals surface area contributed by atoms with Gasteiger partial charge in [0.1, 0.15) is 40.4 Å². The summed E-state index contributed by atoms with van der Waals surface area (Å²) in [4.78, 5) is 54.0. The minimum absolute atomic E-state index is 0.0433. The summed E-state index contributed by atoms with van der Waals surface area (Å²) in [6.07, 6.45) is 3.27. The number of carboxylic acid groups (broad SMARTS) is 1. The molecule has 3 atom stereocenters. The number of halogens is 2. The molecule has 226 valence electrons. The van der Waals surface area contributed by atoms with Crippen molar-refractivity contribution in [2.24, 2.45) is 10.9 Å². The fourth-order valence-electron chi connectivity index (χ4n) is 3.81. The molecule has 1 unspecified atom stereocenters. The normalized spacial score (nSPS) is 19.3. The number of aliphatic hydroxyl groups is 1. The fourth-order valence-corrected chi connectivity index (χ4v) is 8.37. The number of aliphatic hydroxyl groups excluding tert-OH is 1. The lowest BCUT2D eigenvalue weighted by molar-refractivity contribution is -0.150. The fraction of sp³-hybridized carbons (Fsp3) is 0.391. The molecular formula is C23H25ClFN7O6S4. The number of pyridine rings is 1. The van der Waals surface area contributed by atoms with Gasteiger partial charge in [0.15, 0.2) is 10.8 Å². The zero-order chi connectivity index (χ0) is 30.4. The number of nitrogens with two attached hydrogens (primary N) is 2. The number of rotatable bonds is 14.